The van der Waals surface area contributed by atoms with Gasteiger partial charge in [0.1, 0.15) is 6.61 Å². The topological polar surface area (TPSA) is 26.2 Å². The Kier molecular flexibility index (Phi) is 5.22. The minimum absolute atomic E-state index is 0.0599. The maximum absolute atomic E-state index is 11.8. The second kappa shape index (κ2) is 6.24. The fourth-order valence-electron chi connectivity index (χ4n) is 1.67. The summed E-state index contributed by atoms with van der Waals surface area (Å²) in [5, 5.41) is 3.06. The van der Waals surface area contributed by atoms with E-state index < -0.39 is 12.8 Å². The first-order valence-corrected chi connectivity index (χ1v) is 5.78. The molecule has 1 N–H and O–H groups in total. The molecule has 0 saturated heterocycles. The molecule has 0 atom stereocenters. The van der Waals surface area contributed by atoms with Gasteiger partial charge in [0.15, 0.2) is 0 Å². The number of aromatic nitrogens is 1. The van der Waals surface area contributed by atoms with Crippen molar-refractivity contribution in [2.24, 2.45) is 7.05 Å². The van der Waals surface area contributed by atoms with Crippen LogP contribution in [0.2, 0.25) is 0 Å². The van der Waals surface area contributed by atoms with Gasteiger partial charge in [-0.3, -0.25) is 0 Å². The molecule has 0 unspecified atom stereocenters. The summed E-state index contributed by atoms with van der Waals surface area (Å²) in [5.41, 5.74) is 3.49. The standard InChI is InChI=1S/C12H19F3N2O/c1-9-6-11(10(2)17(9)3)7-16-4-5-18-8-12(13,14)15/h6,16H,4-5,7-8H2,1-3H3. The summed E-state index contributed by atoms with van der Waals surface area (Å²) in [7, 11) is 1.99. The molecule has 0 saturated carbocycles. The fourth-order valence-corrected chi connectivity index (χ4v) is 1.67. The van der Waals surface area contributed by atoms with E-state index in [1.54, 1.807) is 0 Å². The molecule has 1 rings (SSSR count). The van der Waals surface area contributed by atoms with Gasteiger partial charge in [0.05, 0.1) is 6.61 Å². The summed E-state index contributed by atoms with van der Waals surface area (Å²) < 4.78 is 41.9. The number of nitrogens with zero attached hydrogens (tertiary/aromatic N) is 1. The number of alkyl halides is 3. The third-order valence-electron chi connectivity index (χ3n) is 2.88. The lowest BCUT2D eigenvalue weighted by Gasteiger charge is -2.08. The number of nitrogens with one attached hydrogen (secondary N) is 1. The van der Waals surface area contributed by atoms with Gasteiger partial charge in [0.2, 0.25) is 0 Å². The van der Waals surface area contributed by atoms with Crippen molar-refractivity contribution in [3.8, 4) is 0 Å². The van der Waals surface area contributed by atoms with Gasteiger partial charge < -0.3 is 14.6 Å². The molecular weight excluding hydrogens is 245 g/mol. The van der Waals surface area contributed by atoms with Crippen LogP contribution in [0, 0.1) is 13.8 Å². The molecule has 0 bridgehead atoms. The lowest BCUT2D eigenvalue weighted by Crippen LogP contribution is -2.23. The zero-order valence-corrected chi connectivity index (χ0v) is 10.9. The van der Waals surface area contributed by atoms with Crippen molar-refractivity contribution < 1.29 is 17.9 Å². The summed E-state index contributed by atoms with van der Waals surface area (Å²) in [6.07, 6.45) is -4.24. The molecule has 0 spiro atoms. The second-order valence-corrected chi connectivity index (χ2v) is 4.30. The highest BCUT2D eigenvalue weighted by Crippen LogP contribution is 2.14. The number of hydrogen-bond acceptors (Lipinski definition) is 2. The van der Waals surface area contributed by atoms with Gasteiger partial charge in [0.25, 0.3) is 0 Å². The second-order valence-electron chi connectivity index (χ2n) is 4.30. The van der Waals surface area contributed by atoms with Gasteiger partial charge in [-0.05, 0) is 25.5 Å². The van der Waals surface area contributed by atoms with Crippen molar-refractivity contribution in [3.05, 3.63) is 23.0 Å². The normalized spacial score (nSPS) is 12.1. The van der Waals surface area contributed by atoms with Crippen molar-refractivity contribution in [1.82, 2.24) is 9.88 Å². The minimum Gasteiger partial charge on any atom is -0.371 e. The summed E-state index contributed by atoms with van der Waals surface area (Å²) in [6, 6.07) is 2.07. The Morgan fingerprint density at radius 3 is 2.50 bits per heavy atom. The quantitative estimate of drug-likeness (QED) is 0.798. The maximum atomic E-state index is 11.8. The van der Waals surface area contributed by atoms with Gasteiger partial charge in [-0.15, -0.1) is 0 Å². The van der Waals surface area contributed by atoms with Gasteiger partial charge >= 0.3 is 6.18 Å². The van der Waals surface area contributed by atoms with Crippen LogP contribution in [0.3, 0.4) is 0 Å². The zero-order chi connectivity index (χ0) is 13.8. The Morgan fingerprint density at radius 2 is 2.00 bits per heavy atom. The van der Waals surface area contributed by atoms with Crippen LogP contribution in [0.5, 0.6) is 0 Å². The van der Waals surface area contributed by atoms with Crippen molar-refractivity contribution >= 4 is 0 Å². The zero-order valence-electron chi connectivity index (χ0n) is 10.9. The molecule has 3 nitrogen and oxygen atoms in total. The van der Waals surface area contributed by atoms with Crippen LogP contribution >= 0.6 is 0 Å². The van der Waals surface area contributed by atoms with Crippen molar-refractivity contribution in [3.63, 3.8) is 0 Å². The Bertz CT molecular complexity index is 385. The number of ether oxygens (including phenoxy) is 1. The van der Waals surface area contributed by atoms with Crippen LogP contribution in [-0.4, -0.2) is 30.5 Å². The SMILES string of the molecule is Cc1cc(CNCCOCC(F)(F)F)c(C)n1C. The Hall–Kier alpha value is -1.01. The van der Waals surface area contributed by atoms with E-state index in [4.69, 9.17) is 0 Å². The fraction of sp³-hybridized carbons (Fsp3) is 0.667. The number of hydrogen-bond donors (Lipinski definition) is 1. The summed E-state index contributed by atoms with van der Waals surface area (Å²) in [5.74, 6) is 0. The van der Waals surface area contributed by atoms with Crippen molar-refractivity contribution in [2.45, 2.75) is 26.6 Å². The van der Waals surface area contributed by atoms with Gasteiger partial charge in [0, 0.05) is 31.5 Å². The van der Waals surface area contributed by atoms with Crippen LogP contribution in [0.15, 0.2) is 6.07 Å². The molecule has 0 aliphatic heterocycles. The Balaban J connectivity index is 2.20. The van der Waals surface area contributed by atoms with E-state index in [1.807, 2.05) is 20.9 Å². The first-order valence-electron chi connectivity index (χ1n) is 5.78. The molecule has 0 radical (unpaired) electrons. The van der Waals surface area contributed by atoms with Gasteiger partial charge in [-0.25, -0.2) is 0 Å². The molecule has 6 heteroatoms. The molecule has 1 heterocycles. The first kappa shape index (κ1) is 15.0. The van der Waals surface area contributed by atoms with E-state index in [0.29, 0.717) is 13.1 Å². The molecule has 18 heavy (non-hydrogen) atoms. The highest BCUT2D eigenvalue weighted by Gasteiger charge is 2.27. The lowest BCUT2D eigenvalue weighted by molar-refractivity contribution is -0.173. The summed E-state index contributed by atoms with van der Waals surface area (Å²) in [4.78, 5) is 0. The summed E-state index contributed by atoms with van der Waals surface area (Å²) in [6.45, 7) is 3.96. The van der Waals surface area contributed by atoms with Gasteiger partial charge in [-0.1, -0.05) is 0 Å². The van der Waals surface area contributed by atoms with Crippen LogP contribution < -0.4 is 5.32 Å². The molecule has 0 fully saturated rings. The lowest BCUT2D eigenvalue weighted by atomic mass is 10.2. The Labute approximate surface area is 105 Å². The number of rotatable bonds is 6. The molecule has 0 aliphatic carbocycles. The van der Waals surface area contributed by atoms with E-state index in [0.717, 1.165) is 17.0 Å². The van der Waals surface area contributed by atoms with E-state index >= 15 is 0 Å². The highest BCUT2D eigenvalue weighted by atomic mass is 19.4. The third-order valence-corrected chi connectivity index (χ3v) is 2.88. The third kappa shape index (κ3) is 4.70. The van der Waals surface area contributed by atoms with Crippen LogP contribution in [0.25, 0.3) is 0 Å². The molecule has 0 aliphatic rings. The molecule has 0 aromatic carbocycles. The predicted molar refractivity (Wildman–Crippen MR) is 63.5 cm³/mol. The predicted octanol–water partition coefficient (Wildman–Crippen LogP) is 2.31. The highest BCUT2D eigenvalue weighted by molar-refractivity contribution is 5.26. The van der Waals surface area contributed by atoms with E-state index in [9.17, 15) is 13.2 Å². The first-order chi connectivity index (χ1) is 8.31. The summed E-state index contributed by atoms with van der Waals surface area (Å²) >= 11 is 0. The molecule has 0 amide bonds. The molecule has 104 valence electrons. The van der Waals surface area contributed by atoms with E-state index in [-0.39, 0.29) is 6.61 Å². The Morgan fingerprint density at radius 1 is 1.33 bits per heavy atom. The number of aryl methyl sites for hydroxylation is 1. The molecular formula is C12H19F3N2O. The van der Waals surface area contributed by atoms with Gasteiger partial charge in [-0.2, -0.15) is 13.2 Å². The minimum atomic E-state index is -4.24. The van der Waals surface area contributed by atoms with Crippen LogP contribution in [0.1, 0.15) is 17.0 Å². The number of halogens is 3. The van der Waals surface area contributed by atoms with Crippen molar-refractivity contribution in [1.29, 1.82) is 0 Å². The average Bonchev–Trinajstić information content (AvgIpc) is 2.50. The largest absolute Gasteiger partial charge is 0.411 e. The maximum Gasteiger partial charge on any atom is 0.411 e. The molecule has 1 aromatic heterocycles. The average molecular weight is 264 g/mol. The van der Waals surface area contributed by atoms with Crippen LogP contribution in [0.4, 0.5) is 13.2 Å². The van der Waals surface area contributed by atoms with Crippen molar-refractivity contribution in [2.75, 3.05) is 19.8 Å². The molecule has 1 aromatic rings. The smallest absolute Gasteiger partial charge is 0.371 e. The van der Waals surface area contributed by atoms with E-state index in [2.05, 4.69) is 20.7 Å². The van der Waals surface area contributed by atoms with Crippen LogP contribution in [-0.2, 0) is 18.3 Å². The monoisotopic (exact) mass is 264 g/mol. The van der Waals surface area contributed by atoms with E-state index in [1.165, 1.54) is 0 Å².